The zero-order valence-electron chi connectivity index (χ0n) is 15.6. The molecule has 4 rings (SSSR count). The highest BCUT2D eigenvalue weighted by molar-refractivity contribution is 5.26. The van der Waals surface area contributed by atoms with Gasteiger partial charge in [0.1, 0.15) is 17.5 Å². The van der Waals surface area contributed by atoms with E-state index in [1.807, 2.05) is 0 Å². The molecule has 1 aliphatic heterocycles. The highest BCUT2D eigenvalue weighted by Crippen LogP contribution is 2.42. The van der Waals surface area contributed by atoms with E-state index in [1.54, 1.807) is 0 Å². The lowest BCUT2D eigenvalue weighted by Gasteiger charge is -2.43. The topological polar surface area (TPSA) is 47.1 Å². The molecule has 3 aliphatic rings. The predicted molar refractivity (Wildman–Crippen MR) is 93.3 cm³/mol. The van der Waals surface area contributed by atoms with Crippen molar-refractivity contribution in [2.24, 2.45) is 17.6 Å². The molecule has 10 heteroatoms. The molecule has 2 heterocycles. The average molecular weight is 420 g/mol. The summed E-state index contributed by atoms with van der Waals surface area (Å²) in [6, 6.07) is -0.368. The molecule has 4 nitrogen and oxygen atoms in total. The Hall–Kier alpha value is -1.81. The van der Waals surface area contributed by atoms with E-state index in [0.29, 0.717) is 50.8 Å². The van der Waals surface area contributed by atoms with Crippen LogP contribution in [0.4, 0.5) is 26.3 Å². The second-order valence-electron chi connectivity index (χ2n) is 8.09. The third kappa shape index (κ3) is 3.96. The third-order valence-corrected chi connectivity index (χ3v) is 6.36. The van der Waals surface area contributed by atoms with Gasteiger partial charge < -0.3 is 10.3 Å². The van der Waals surface area contributed by atoms with Gasteiger partial charge in [0.2, 0.25) is 0 Å². The summed E-state index contributed by atoms with van der Waals surface area (Å²) >= 11 is 0. The molecule has 160 valence electrons. The first-order valence-corrected chi connectivity index (χ1v) is 9.67. The van der Waals surface area contributed by atoms with Crippen LogP contribution in [0.1, 0.15) is 37.2 Å². The molecule has 0 amide bonds. The molecule has 0 saturated heterocycles. The molecule has 3 unspecified atom stereocenters. The first kappa shape index (κ1) is 20.5. The lowest BCUT2D eigenvalue weighted by molar-refractivity contribution is -0.141. The molecule has 2 N–H and O–H groups in total. The number of imidazole rings is 1. The summed E-state index contributed by atoms with van der Waals surface area (Å²) in [7, 11) is 0. The molecule has 1 saturated carbocycles. The molecular weight excluding hydrogens is 398 g/mol. The first-order chi connectivity index (χ1) is 13.6. The largest absolute Gasteiger partial charge is 0.434 e. The maximum absolute atomic E-state index is 14.2. The van der Waals surface area contributed by atoms with Gasteiger partial charge in [-0.25, -0.2) is 18.2 Å². The van der Waals surface area contributed by atoms with E-state index in [2.05, 4.69) is 9.88 Å². The SMILES string of the molecule is NC1CC(N2CCn3cc(C(F)(F)F)nc3C2)CC[C@@H]1C1CC(F)=C(F)C=C1F. The van der Waals surface area contributed by atoms with Crippen molar-refractivity contribution in [2.45, 2.75) is 57.0 Å². The van der Waals surface area contributed by atoms with E-state index >= 15 is 0 Å². The summed E-state index contributed by atoms with van der Waals surface area (Å²) in [5.41, 5.74) is 5.39. The number of fused-ring (bicyclic) bond motifs is 1. The zero-order chi connectivity index (χ0) is 20.9. The Morgan fingerprint density at radius 1 is 1.10 bits per heavy atom. The van der Waals surface area contributed by atoms with Crippen molar-refractivity contribution in [1.29, 1.82) is 0 Å². The standard InChI is InChI=1S/C19H22F6N4/c20-13-7-15(22)14(21)6-12(13)11-2-1-10(5-16(11)26)28-3-4-29-8-17(19(23,24)25)27-18(29)9-28/h7-8,10-12,16H,1-6,9,26H2/t10?,11-,12?,16?/m1/s1. The molecule has 2 aliphatic carbocycles. The predicted octanol–water partition coefficient (Wildman–Crippen LogP) is 4.24. The van der Waals surface area contributed by atoms with Crippen molar-refractivity contribution in [3.05, 3.63) is 41.3 Å². The van der Waals surface area contributed by atoms with Crippen LogP contribution in [0.3, 0.4) is 0 Å². The van der Waals surface area contributed by atoms with Crippen LogP contribution in [-0.2, 0) is 19.3 Å². The number of alkyl halides is 3. The van der Waals surface area contributed by atoms with Gasteiger partial charge in [-0.2, -0.15) is 13.2 Å². The van der Waals surface area contributed by atoms with Gasteiger partial charge in [-0.1, -0.05) is 0 Å². The van der Waals surface area contributed by atoms with E-state index in [-0.39, 0.29) is 18.4 Å². The lowest BCUT2D eigenvalue weighted by Crippen LogP contribution is -2.50. The maximum Gasteiger partial charge on any atom is 0.434 e. The first-order valence-electron chi connectivity index (χ1n) is 9.67. The number of hydrogen-bond donors (Lipinski definition) is 1. The molecule has 0 spiro atoms. The van der Waals surface area contributed by atoms with Crippen LogP contribution < -0.4 is 5.73 Å². The number of nitrogens with two attached hydrogens (primary N) is 1. The summed E-state index contributed by atoms with van der Waals surface area (Å²) in [5.74, 6) is -3.49. The molecule has 4 atom stereocenters. The summed E-state index contributed by atoms with van der Waals surface area (Å²) in [5, 5.41) is 0. The highest BCUT2D eigenvalue weighted by Gasteiger charge is 2.41. The maximum atomic E-state index is 14.2. The van der Waals surface area contributed by atoms with Gasteiger partial charge in [-0.05, 0) is 25.2 Å². The number of nitrogens with zero attached hydrogens (tertiary/aromatic N) is 3. The van der Waals surface area contributed by atoms with Gasteiger partial charge in [0, 0.05) is 49.8 Å². The van der Waals surface area contributed by atoms with E-state index in [9.17, 15) is 26.3 Å². The van der Waals surface area contributed by atoms with Gasteiger partial charge >= 0.3 is 6.18 Å². The van der Waals surface area contributed by atoms with Crippen molar-refractivity contribution < 1.29 is 26.3 Å². The van der Waals surface area contributed by atoms with Crippen molar-refractivity contribution in [1.82, 2.24) is 14.5 Å². The minimum absolute atomic E-state index is 0.0359. The second kappa shape index (κ2) is 7.46. The lowest BCUT2D eigenvalue weighted by atomic mass is 9.72. The second-order valence-corrected chi connectivity index (χ2v) is 8.09. The molecule has 1 aromatic heterocycles. The number of rotatable bonds is 2. The van der Waals surface area contributed by atoms with Crippen LogP contribution in [0.2, 0.25) is 0 Å². The monoisotopic (exact) mass is 420 g/mol. The molecule has 0 radical (unpaired) electrons. The summed E-state index contributed by atoms with van der Waals surface area (Å²) in [6.45, 7) is 1.27. The van der Waals surface area contributed by atoms with Crippen molar-refractivity contribution in [3.63, 3.8) is 0 Å². The minimum Gasteiger partial charge on any atom is -0.332 e. The fraction of sp³-hybridized carbons (Fsp3) is 0.632. The van der Waals surface area contributed by atoms with Crippen LogP contribution in [-0.4, -0.2) is 33.1 Å². The average Bonchev–Trinajstić information content (AvgIpc) is 3.09. The molecule has 0 aromatic carbocycles. The third-order valence-electron chi connectivity index (χ3n) is 6.36. The summed E-state index contributed by atoms with van der Waals surface area (Å²) in [4.78, 5) is 5.79. The molecular formula is C19H22F6N4. The van der Waals surface area contributed by atoms with Gasteiger partial charge in [0.15, 0.2) is 11.5 Å². The molecule has 1 aromatic rings. The Morgan fingerprint density at radius 2 is 1.86 bits per heavy atom. The zero-order valence-corrected chi connectivity index (χ0v) is 15.6. The van der Waals surface area contributed by atoms with E-state index < -0.39 is 41.3 Å². The van der Waals surface area contributed by atoms with Crippen molar-refractivity contribution >= 4 is 0 Å². The van der Waals surface area contributed by atoms with E-state index in [0.717, 1.165) is 6.20 Å². The van der Waals surface area contributed by atoms with Gasteiger partial charge in [0.25, 0.3) is 0 Å². The Bertz CT molecular complexity index is 842. The van der Waals surface area contributed by atoms with Crippen LogP contribution in [0.15, 0.2) is 29.8 Å². The van der Waals surface area contributed by atoms with E-state index in [1.165, 1.54) is 4.57 Å². The Morgan fingerprint density at radius 3 is 2.55 bits per heavy atom. The van der Waals surface area contributed by atoms with Crippen LogP contribution >= 0.6 is 0 Å². The molecule has 0 bridgehead atoms. The number of allylic oxidation sites excluding steroid dienone is 4. The summed E-state index contributed by atoms with van der Waals surface area (Å²) < 4.78 is 81.3. The fourth-order valence-corrected chi connectivity index (χ4v) is 4.81. The number of hydrogen-bond acceptors (Lipinski definition) is 3. The molecule has 29 heavy (non-hydrogen) atoms. The Kier molecular flexibility index (Phi) is 5.27. The van der Waals surface area contributed by atoms with Crippen LogP contribution in [0, 0.1) is 11.8 Å². The fourth-order valence-electron chi connectivity index (χ4n) is 4.81. The number of aromatic nitrogens is 2. The highest BCUT2D eigenvalue weighted by atomic mass is 19.4. The van der Waals surface area contributed by atoms with Gasteiger partial charge in [-0.15, -0.1) is 0 Å². The number of halogens is 6. The minimum atomic E-state index is -4.48. The normalized spacial score (nSPS) is 31.6. The van der Waals surface area contributed by atoms with Gasteiger partial charge in [-0.3, -0.25) is 4.90 Å². The van der Waals surface area contributed by atoms with Gasteiger partial charge in [0.05, 0.1) is 6.54 Å². The Balaban J connectivity index is 1.41. The quantitative estimate of drug-likeness (QED) is 0.729. The summed E-state index contributed by atoms with van der Waals surface area (Å²) in [6.07, 6.45) is -1.42. The smallest absolute Gasteiger partial charge is 0.332 e. The van der Waals surface area contributed by atoms with Crippen LogP contribution in [0.5, 0.6) is 0 Å². The van der Waals surface area contributed by atoms with Crippen molar-refractivity contribution in [2.75, 3.05) is 6.54 Å². The van der Waals surface area contributed by atoms with Crippen LogP contribution in [0.25, 0.3) is 0 Å². The Labute approximate surface area is 164 Å². The van der Waals surface area contributed by atoms with Crippen molar-refractivity contribution in [3.8, 4) is 0 Å². The molecule has 1 fully saturated rings. The van der Waals surface area contributed by atoms with E-state index in [4.69, 9.17) is 5.73 Å².